The number of carbonyl (C=O) groups is 2. The molecule has 6 nitrogen and oxygen atoms in total. The molecule has 0 spiro atoms. The van der Waals surface area contributed by atoms with E-state index in [1.165, 1.54) is 12.1 Å². The zero-order valence-corrected chi connectivity index (χ0v) is 16.3. The van der Waals surface area contributed by atoms with Gasteiger partial charge in [-0.25, -0.2) is 14.0 Å². The lowest BCUT2D eigenvalue weighted by Gasteiger charge is -2.30. The van der Waals surface area contributed by atoms with E-state index in [2.05, 4.69) is 29.8 Å². The third kappa shape index (κ3) is 5.29. The van der Waals surface area contributed by atoms with Gasteiger partial charge < -0.3 is 20.7 Å². The second-order valence-electron chi connectivity index (χ2n) is 6.83. The Kier molecular flexibility index (Phi) is 7.36. The first-order valence-corrected chi connectivity index (χ1v) is 9.33. The molecular weight excluding hydrogens is 349 g/mol. The van der Waals surface area contributed by atoms with Crippen molar-refractivity contribution in [1.82, 2.24) is 16.0 Å². The van der Waals surface area contributed by atoms with E-state index in [4.69, 9.17) is 4.74 Å². The second kappa shape index (κ2) is 9.50. The van der Waals surface area contributed by atoms with Crippen LogP contribution >= 0.6 is 0 Å². The molecule has 0 saturated heterocycles. The summed E-state index contributed by atoms with van der Waals surface area (Å²) in [7, 11) is 0. The van der Waals surface area contributed by atoms with E-state index in [9.17, 15) is 14.0 Å². The fourth-order valence-electron chi connectivity index (χ4n) is 3.22. The summed E-state index contributed by atoms with van der Waals surface area (Å²) in [5.74, 6) is -0.497. The van der Waals surface area contributed by atoms with Crippen molar-refractivity contribution in [1.29, 1.82) is 0 Å². The molecule has 1 aromatic carbocycles. The maximum absolute atomic E-state index is 13.2. The predicted molar refractivity (Wildman–Crippen MR) is 101 cm³/mol. The topological polar surface area (TPSA) is 79.5 Å². The molecule has 0 fully saturated rings. The fraction of sp³-hybridized carbons (Fsp3) is 0.500. The van der Waals surface area contributed by atoms with E-state index in [0.717, 1.165) is 5.56 Å². The van der Waals surface area contributed by atoms with Gasteiger partial charge in [0.1, 0.15) is 5.82 Å². The molecule has 7 heteroatoms. The van der Waals surface area contributed by atoms with Crippen molar-refractivity contribution < 1.29 is 18.7 Å². The van der Waals surface area contributed by atoms with Crippen LogP contribution in [0.5, 0.6) is 0 Å². The molecule has 1 heterocycles. The molecule has 148 valence electrons. The number of halogens is 1. The summed E-state index contributed by atoms with van der Waals surface area (Å²) in [4.78, 5) is 24.4. The Labute approximate surface area is 159 Å². The van der Waals surface area contributed by atoms with E-state index < -0.39 is 12.0 Å². The van der Waals surface area contributed by atoms with Crippen molar-refractivity contribution in [2.24, 2.45) is 5.92 Å². The van der Waals surface area contributed by atoms with Crippen molar-refractivity contribution in [3.05, 3.63) is 46.9 Å². The van der Waals surface area contributed by atoms with Crippen LogP contribution in [0.25, 0.3) is 0 Å². The van der Waals surface area contributed by atoms with Gasteiger partial charge in [-0.2, -0.15) is 0 Å². The van der Waals surface area contributed by atoms with Crippen molar-refractivity contribution in [2.45, 2.75) is 46.2 Å². The number of ether oxygens (including phenoxy) is 1. The van der Waals surface area contributed by atoms with Crippen molar-refractivity contribution in [2.75, 3.05) is 13.2 Å². The van der Waals surface area contributed by atoms with E-state index in [-0.39, 0.29) is 37.0 Å². The molecule has 0 radical (unpaired) electrons. The van der Waals surface area contributed by atoms with Crippen LogP contribution in [-0.4, -0.2) is 31.2 Å². The van der Waals surface area contributed by atoms with Gasteiger partial charge in [-0.05, 0) is 37.0 Å². The second-order valence-corrected chi connectivity index (χ2v) is 6.83. The first kappa shape index (κ1) is 20.9. The largest absolute Gasteiger partial charge is 0.463 e. The number of urea groups is 1. The van der Waals surface area contributed by atoms with Gasteiger partial charge in [0.15, 0.2) is 0 Å². The van der Waals surface area contributed by atoms with Crippen LogP contribution in [0.2, 0.25) is 0 Å². The lowest BCUT2D eigenvalue weighted by molar-refractivity contribution is -0.139. The van der Waals surface area contributed by atoms with Crippen molar-refractivity contribution >= 4 is 12.0 Å². The quantitative estimate of drug-likeness (QED) is 0.609. The van der Waals surface area contributed by atoms with Gasteiger partial charge in [-0.15, -0.1) is 0 Å². The highest BCUT2D eigenvalue weighted by Gasteiger charge is 2.31. The zero-order valence-electron chi connectivity index (χ0n) is 16.3. The molecular formula is C20H28FN3O3. The first-order valence-electron chi connectivity index (χ1n) is 9.33. The van der Waals surface area contributed by atoms with Gasteiger partial charge in [-0.3, -0.25) is 0 Å². The van der Waals surface area contributed by atoms with Crippen molar-refractivity contribution in [3.8, 4) is 0 Å². The molecule has 1 aromatic rings. The Hall–Kier alpha value is -2.41. The number of carbonyl (C=O) groups excluding carboxylic acids is 2. The smallest absolute Gasteiger partial charge is 0.337 e. The molecule has 2 amide bonds. The fourth-order valence-corrected chi connectivity index (χ4v) is 3.22. The minimum absolute atomic E-state index is 0.0617. The first-order chi connectivity index (χ1) is 12.9. The lowest BCUT2D eigenvalue weighted by Crippen LogP contribution is -2.52. The molecule has 27 heavy (non-hydrogen) atoms. The van der Waals surface area contributed by atoms with Crippen LogP contribution in [0.1, 0.15) is 45.7 Å². The predicted octanol–water partition coefficient (Wildman–Crippen LogP) is 3.02. The third-order valence-electron chi connectivity index (χ3n) is 4.54. The van der Waals surface area contributed by atoms with Crippen LogP contribution in [0.15, 0.2) is 35.5 Å². The Morgan fingerprint density at radius 3 is 2.48 bits per heavy atom. The molecule has 1 aliphatic heterocycles. The van der Waals surface area contributed by atoms with Gasteiger partial charge in [-0.1, -0.05) is 32.9 Å². The summed E-state index contributed by atoms with van der Waals surface area (Å²) in [6.45, 7) is 8.30. The number of nitrogens with one attached hydrogen (secondary N) is 3. The van der Waals surface area contributed by atoms with Gasteiger partial charge in [0.05, 0.1) is 18.2 Å². The summed E-state index contributed by atoms with van der Waals surface area (Å²) >= 11 is 0. The summed E-state index contributed by atoms with van der Waals surface area (Å²) in [5.41, 5.74) is 1.89. The third-order valence-corrected chi connectivity index (χ3v) is 4.54. The maximum Gasteiger partial charge on any atom is 0.337 e. The molecule has 0 aliphatic carbocycles. The average molecular weight is 377 g/mol. The maximum atomic E-state index is 13.2. The Morgan fingerprint density at radius 2 is 1.93 bits per heavy atom. The summed E-state index contributed by atoms with van der Waals surface area (Å²) < 4.78 is 18.4. The monoisotopic (exact) mass is 377 g/mol. The van der Waals surface area contributed by atoms with Crippen LogP contribution in [-0.2, 0) is 9.53 Å². The highest BCUT2D eigenvalue weighted by Crippen LogP contribution is 2.23. The van der Waals surface area contributed by atoms with Crippen molar-refractivity contribution in [3.63, 3.8) is 0 Å². The van der Waals surface area contributed by atoms with E-state index in [0.29, 0.717) is 17.7 Å². The van der Waals surface area contributed by atoms with Gasteiger partial charge in [0.2, 0.25) is 0 Å². The molecule has 2 atom stereocenters. The highest BCUT2D eigenvalue weighted by atomic mass is 19.1. The van der Waals surface area contributed by atoms with Gasteiger partial charge in [0.25, 0.3) is 0 Å². The number of amides is 2. The minimum Gasteiger partial charge on any atom is -0.463 e. The molecule has 2 rings (SSSR count). The molecule has 0 saturated carbocycles. The summed E-state index contributed by atoms with van der Waals surface area (Å²) in [6.07, 6.45) is 0.580. The van der Waals surface area contributed by atoms with E-state index >= 15 is 0 Å². The summed E-state index contributed by atoms with van der Waals surface area (Å²) in [6, 6.07) is 5.54. The Bertz CT molecular complexity index is 701. The van der Waals surface area contributed by atoms with Gasteiger partial charge >= 0.3 is 12.0 Å². The summed E-state index contributed by atoms with van der Waals surface area (Å²) in [5, 5.41) is 8.87. The Balaban J connectivity index is 2.27. The van der Waals surface area contributed by atoms with Crippen LogP contribution < -0.4 is 16.0 Å². The Morgan fingerprint density at radius 1 is 1.26 bits per heavy atom. The van der Waals surface area contributed by atoms with Crippen LogP contribution in [0.3, 0.4) is 0 Å². The van der Waals surface area contributed by atoms with Crippen LogP contribution in [0.4, 0.5) is 9.18 Å². The standard InChI is InChI=1S/C20H28FN3O3/c1-5-15-17(19(25)27-6-2)16(24-20(26)23-15)11-22-18(12(3)4)13-7-9-14(21)10-8-13/h7-10,12,15,18,22H,5-6,11H2,1-4H3,(H2,23,24,26). The van der Waals surface area contributed by atoms with Gasteiger partial charge in [0, 0.05) is 18.3 Å². The highest BCUT2D eigenvalue weighted by molar-refractivity contribution is 5.94. The number of hydrogen-bond acceptors (Lipinski definition) is 4. The number of rotatable bonds is 8. The molecule has 3 N–H and O–H groups in total. The molecule has 1 aliphatic rings. The molecule has 2 unspecified atom stereocenters. The number of hydrogen-bond donors (Lipinski definition) is 3. The SMILES string of the molecule is CCOC(=O)C1=C(CNC(c2ccc(F)cc2)C(C)C)NC(=O)NC1CC. The number of benzene rings is 1. The van der Waals surface area contributed by atoms with E-state index in [1.807, 2.05) is 6.92 Å². The molecule has 0 bridgehead atoms. The molecule has 0 aromatic heterocycles. The van der Waals surface area contributed by atoms with E-state index in [1.54, 1.807) is 19.1 Å². The van der Waals surface area contributed by atoms with Crippen LogP contribution in [0, 0.1) is 11.7 Å². The normalized spacial score (nSPS) is 18.1. The lowest BCUT2D eigenvalue weighted by atomic mass is 9.95. The zero-order chi connectivity index (χ0) is 20.0. The minimum atomic E-state index is -0.434. The number of esters is 1. The average Bonchev–Trinajstić information content (AvgIpc) is 2.62.